The molecule has 4 rings (SSSR count). The second-order valence-corrected chi connectivity index (χ2v) is 5.52. The van der Waals surface area contributed by atoms with Gasteiger partial charge in [0.2, 0.25) is 5.56 Å². The smallest absolute Gasteiger partial charge is 0.247 e. The van der Waals surface area contributed by atoms with Crippen molar-refractivity contribution in [3.8, 4) is 16.8 Å². The predicted molar refractivity (Wildman–Crippen MR) is 85.0 cm³/mol. The van der Waals surface area contributed by atoms with Crippen LogP contribution in [0, 0.1) is 0 Å². The monoisotopic (exact) mass is 293 g/mol. The van der Waals surface area contributed by atoms with Gasteiger partial charge in [-0.15, -0.1) is 0 Å². The largest absolute Gasteiger partial charge is 0.328 e. The molecule has 3 heterocycles. The van der Waals surface area contributed by atoms with Crippen LogP contribution in [0.3, 0.4) is 0 Å². The average molecular weight is 293 g/mol. The van der Waals surface area contributed by atoms with Gasteiger partial charge in [-0.2, -0.15) is 11.3 Å². The maximum Gasteiger partial charge on any atom is 0.247 e. The van der Waals surface area contributed by atoms with Crippen molar-refractivity contribution in [2.24, 2.45) is 0 Å². The first-order chi connectivity index (χ1) is 10.3. The first kappa shape index (κ1) is 12.1. The third-order valence-electron chi connectivity index (χ3n) is 3.45. The molecule has 0 amide bonds. The molecule has 0 aliphatic carbocycles. The van der Waals surface area contributed by atoms with E-state index in [4.69, 9.17) is 0 Å². The van der Waals surface area contributed by atoms with E-state index in [0.717, 1.165) is 27.8 Å². The van der Waals surface area contributed by atoms with Crippen LogP contribution in [0.1, 0.15) is 0 Å². The van der Waals surface area contributed by atoms with Gasteiger partial charge in [0.15, 0.2) is 0 Å². The molecule has 0 bridgehead atoms. The molecule has 5 heteroatoms. The Morgan fingerprint density at radius 3 is 2.76 bits per heavy atom. The van der Waals surface area contributed by atoms with Gasteiger partial charge in [-0.25, -0.2) is 4.98 Å². The summed E-state index contributed by atoms with van der Waals surface area (Å²) in [6, 6.07) is 11.5. The van der Waals surface area contributed by atoms with Crippen LogP contribution in [-0.4, -0.2) is 14.5 Å². The Labute approximate surface area is 124 Å². The fourth-order valence-corrected chi connectivity index (χ4v) is 3.01. The molecule has 0 spiro atoms. The van der Waals surface area contributed by atoms with Crippen LogP contribution in [0.4, 0.5) is 0 Å². The Kier molecular flexibility index (Phi) is 2.72. The van der Waals surface area contributed by atoms with Crippen LogP contribution in [0.15, 0.2) is 64.5 Å². The maximum absolute atomic E-state index is 11.1. The van der Waals surface area contributed by atoms with E-state index in [0.29, 0.717) is 0 Å². The lowest BCUT2D eigenvalue weighted by Gasteiger charge is -2.03. The number of imidazole rings is 1. The molecular formula is C16H11N3OS. The third kappa shape index (κ3) is 2.08. The molecule has 0 radical (unpaired) electrons. The molecule has 102 valence electrons. The minimum Gasteiger partial charge on any atom is -0.328 e. The normalized spacial score (nSPS) is 11.0. The number of aromatic amines is 1. The van der Waals surface area contributed by atoms with Crippen LogP contribution in [0.5, 0.6) is 0 Å². The summed E-state index contributed by atoms with van der Waals surface area (Å²) in [4.78, 5) is 18.3. The highest BCUT2D eigenvalue weighted by Gasteiger charge is 2.07. The van der Waals surface area contributed by atoms with Gasteiger partial charge in [0.1, 0.15) is 6.33 Å². The number of fused-ring (bicyclic) bond motifs is 1. The van der Waals surface area contributed by atoms with E-state index < -0.39 is 0 Å². The summed E-state index contributed by atoms with van der Waals surface area (Å²) < 4.78 is 2.07. The minimum atomic E-state index is -0.0958. The number of nitrogens with one attached hydrogen (secondary N) is 1. The van der Waals surface area contributed by atoms with Crippen LogP contribution >= 0.6 is 11.3 Å². The Bertz CT molecular complexity index is 946. The van der Waals surface area contributed by atoms with Gasteiger partial charge < -0.3 is 4.98 Å². The number of thiophene rings is 1. The van der Waals surface area contributed by atoms with Gasteiger partial charge in [0.05, 0.1) is 16.7 Å². The number of hydrogen-bond acceptors (Lipinski definition) is 3. The number of rotatable bonds is 2. The van der Waals surface area contributed by atoms with Crippen LogP contribution in [0.2, 0.25) is 0 Å². The Morgan fingerprint density at radius 2 is 2.00 bits per heavy atom. The molecular weight excluding hydrogens is 282 g/mol. The molecule has 4 aromatic rings. The Hall–Kier alpha value is -2.66. The van der Waals surface area contributed by atoms with E-state index in [-0.39, 0.29) is 5.56 Å². The van der Waals surface area contributed by atoms with Gasteiger partial charge in [-0.05, 0) is 40.8 Å². The second-order valence-electron chi connectivity index (χ2n) is 4.74. The molecule has 3 aromatic heterocycles. The maximum atomic E-state index is 11.1. The Balaban J connectivity index is 1.85. The zero-order chi connectivity index (χ0) is 14.2. The summed E-state index contributed by atoms with van der Waals surface area (Å²) in [5.41, 5.74) is 5.04. The van der Waals surface area contributed by atoms with Gasteiger partial charge >= 0.3 is 0 Å². The highest BCUT2D eigenvalue weighted by atomic mass is 32.1. The quantitative estimate of drug-likeness (QED) is 0.615. The number of aromatic nitrogens is 3. The summed E-state index contributed by atoms with van der Waals surface area (Å²) in [5, 5.41) is 4.15. The summed E-state index contributed by atoms with van der Waals surface area (Å²) in [7, 11) is 0. The summed E-state index contributed by atoms with van der Waals surface area (Å²) in [6.45, 7) is 0. The number of hydrogen-bond donors (Lipinski definition) is 1. The molecule has 0 unspecified atom stereocenters. The van der Waals surface area contributed by atoms with E-state index in [1.165, 1.54) is 6.07 Å². The molecule has 0 aliphatic heterocycles. The van der Waals surface area contributed by atoms with Crippen molar-refractivity contribution in [1.29, 1.82) is 0 Å². The zero-order valence-corrected chi connectivity index (χ0v) is 11.8. The standard InChI is InChI=1S/C16H11N3OS/c20-16-4-2-12(8-17-16)11-1-3-15-14(7-11)18-10-19(15)13-5-6-21-9-13/h1-10H,(H,17,20). The molecule has 4 nitrogen and oxygen atoms in total. The first-order valence-electron chi connectivity index (χ1n) is 6.50. The molecule has 1 aromatic carbocycles. The van der Waals surface area contributed by atoms with Gasteiger partial charge in [0.25, 0.3) is 0 Å². The number of nitrogens with zero attached hydrogens (tertiary/aromatic N) is 2. The lowest BCUT2D eigenvalue weighted by atomic mass is 10.1. The number of benzene rings is 1. The van der Waals surface area contributed by atoms with Crippen molar-refractivity contribution in [2.45, 2.75) is 0 Å². The van der Waals surface area contributed by atoms with E-state index in [1.54, 1.807) is 17.5 Å². The molecule has 0 fully saturated rings. The highest BCUT2D eigenvalue weighted by Crippen LogP contribution is 2.25. The molecule has 0 saturated carbocycles. The lowest BCUT2D eigenvalue weighted by Crippen LogP contribution is -2.01. The number of H-pyrrole nitrogens is 1. The summed E-state index contributed by atoms with van der Waals surface area (Å²) in [5.74, 6) is 0. The van der Waals surface area contributed by atoms with Crippen LogP contribution in [-0.2, 0) is 0 Å². The fourth-order valence-electron chi connectivity index (χ4n) is 2.38. The topological polar surface area (TPSA) is 50.7 Å². The fraction of sp³-hybridized carbons (Fsp3) is 0. The van der Waals surface area contributed by atoms with Gasteiger partial charge in [0, 0.05) is 17.6 Å². The lowest BCUT2D eigenvalue weighted by molar-refractivity contribution is 1.10. The molecule has 0 saturated heterocycles. The zero-order valence-electron chi connectivity index (χ0n) is 11.0. The van der Waals surface area contributed by atoms with Crippen LogP contribution < -0.4 is 5.56 Å². The third-order valence-corrected chi connectivity index (χ3v) is 4.12. The molecule has 0 aliphatic rings. The van der Waals surface area contributed by atoms with Crippen molar-refractivity contribution in [1.82, 2.24) is 14.5 Å². The first-order valence-corrected chi connectivity index (χ1v) is 7.44. The SMILES string of the molecule is O=c1ccc(-c2ccc3c(c2)ncn3-c2ccsc2)c[nH]1. The summed E-state index contributed by atoms with van der Waals surface area (Å²) >= 11 is 1.67. The van der Waals surface area contributed by atoms with Gasteiger partial charge in [-0.1, -0.05) is 6.07 Å². The van der Waals surface area contributed by atoms with E-state index in [1.807, 2.05) is 24.5 Å². The van der Waals surface area contributed by atoms with E-state index in [9.17, 15) is 4.79 Å². The van der Waals surface area contributed by atoms with Crippen LogP contribution in [0.25, 0.3) is 27.8 Å². The second kappa shape index (κ2) is 4.71. The van der Waals surface area contributed by atoms with Crippen molar-refractivity contribution < 1.29 is 0 Å². The average Bonchev–Trinajstić information content (AvgIpc) is 3.16. The number of pyridine rings is 1. The minimum absolute atomic E-state index is 0.0958. The molecule has 1 N–H and O–H groups in total. The summed E-state index contributed by atoms with van der Waals surface area (Å²) in [6.07, 6.45) is 3.56. The Morgan fingerprint density at radius 1 is 1.10 bits per heavy atom. The molecule has 21 heavy (non-hydrogen) atoms. The molecule has 0 atom stereocenters. The van der Waals surface area contributed by atoms with Gasteiger partial charge in [-0.3, -0.25) is 9.36 Å². The van der Waals surface area contributed by atoms with Crippen molar-refractivity contribution >= 4 is 22.4 Å². The van der Waals surface area contributed by atoms with Crippen molar-refractivity contribution in [3.05, 3.63) is 70.0 Å². The van der Waals surface area contributed by atoms with E-state index >= 15 is 0 Å². The highest BCUT2D eigenvalue weighted by molar-refractivity contribution is 7.08. The van der Waals surface area contributed by atoms with E-state index in [2.05, 4.69) is 37.4 Å². The predicted octanol–water partition coefficient (Wildman–Crippen LogP) is 3.44. The van der Waals surface area contributed by atoms with Crippen molar-refractivity contribution in [2.75, 3.05) is 0 Å². The van der Waals surface area contributed by atoms with Crippen molar-refractivity contribution in [3.63, 3.8) is 0 Å².